The highest BCUT2D eigenvalue weighted by molar-refractivity contribution is 5.82. The quantitative estimate of drug-likeness (QED) is 0.281. The lowest BCUT2D eigenvalue weighted by molar-refractivity contribution is 0.244. The molecule has 6 heteroatoms. The van der Waals surface area contributed by atoms with Gasteiger partial charge in [0.05, 0.1) is 18.1 Å². The average Bonchev–Trinajstić information content (AvgIpc) is 3.79. The van der Waals surface area contributed by atoms with Gasteiger partial charge in [0, 0.05) is 42.6 Å². The molecule has 2 aromatic carbocycles. The summed E-state index contributed by atoms with van der Waals surface area (Å²) in [5.41, 5.74) is 2.92. The van der Waals surface area contributed by atoms with Crippen molar-refractivity contribution in [2.24, 2.45) is 0 Å². The number of rotatable bonds is 7. The number of benzene rings is 2. The largest absolute Gasteiger partial charge is 0.497 e. The van der Waals surface area contributed by atoms with Crippen molar-refractivity contribution >= 4 is 21.8 Å². The number of fused-ring (bicyclic) bond motifs is 2. The van der Waals surface area contributed by atoms with Crippen molar-refractivity contribution in [2.45, 2.75) is 63.7 Å². The molecule has 0 unspecified atom stereocenters. The number of hydrogen-bond acceptors (Lipinski definition) is 3. The van der Waals surface area contributed by atoms with Gasteiger partial charge in [-0.2, -0.15) is 0 Å². The van der Waals surface area contributed by atoms with Crippen LogP contribution in [0, 0.1) is 5.82 Å². The Hall–Kier alpha value is -2.83. The smallest absolute Gasteiger partial charge is 0.125 e. The second kappa shape index (κ2) is 10.9. The molecule has 0 spiro atoms. The Bertz CT molecular complexity index is 1330. The highest BCUT2D eigenvalue weighted by atomic mass is 19.1. The van der Waals surface area contributed by atoms with Crippen molar-refractivity contribution in [2.75, 3.05) is 35.3 Å². The molecule has 2 fully saturated rings. The number of methoxy groups -OCH3 is 1. The number of likely N-dealkylation sites (N-methyl/N-ethyl adjacent to an activating group) is 2. The SMILES string of the molecule is CC.CN(C)C1(Cn2ccc3ccc(F)cc32)CC1.COc1ccc2ccn(CC3(N(C)C)CC3)c2c1. The molecule has 0 atom stereocenters. The van der Waals surface area contributed by atoms with E-state index in [4.69, 9.17) is 4.74 Å². The molecule has 0 N–H and O–H groups in total. The van der Waals surface area contributed by atoms with Gasteiger partial charge < -0.3 is 23.7 Å². The molecule has 0 saturated heterocycles. The zero-order chi connectivity index (χ0) is 26.8. The summed E-state index contributed by atoms with van der Waals surface area (Å²) < 4.78 is 23.1. The lowest BCUT2D eigenvalue weighted by Crippen LogP contribution is -2.34. The van der Waals surface area contributed by atoms with Crippen LogP contribution in [0.3, 0.4) is 0 Å². The van der Waals surface area contributed by atoms with Crippen LogP contribution >= 0.6 is 0 Å². The lowest BCUT2D eigenvalue weighted by atomic mass is 10.2. The minimum atomic E-state index is -0.160. The van der Waals surface area contributed by atoms with Crippen LogP contribution in [-0.4, -0.2) is 65.3 Å². The van der Waals surface area contributed by atoms with E-state index in [1.54, 1.807) is 13.2 Å². The van der Waals surface area contributed by atoms with Crippen LogP contribution in [0.2, 0.25) is 0 Å². The van der Waals surface area contributed by atoms with Crippen LogP contribution in [0.4, 0.5) is 4.39 Å². The first kappa shape index (κ1) is 27.2. The van der Waals surface area contributed by atoms with E-state index in [0.717, 1.165) is 29.7 Å². The van der Waals surface area contributed by atoms with Gasteiger partial charge in [0.2, 0.25) is 0 Å². The van der Waals surface area contributed by atoms with Crippen molar-refractivity contribution in [3.63, 3.8) is 0 Å². The van der Waals surface area contributed by atoms with Crippen LogP contribution < -0.4 is 4.74 Å². The van der Waals surface area contributed by atoms with Crippen molar-refractivity contribution in [3.05, 3.63) is 66.7 Å². The standard InChI is InChI=1S/C15H20N2O.C14H17FN2.C2H6/c1-16(2)15(7-8-15)11-17-9-6-12-4-5-13(18-3)10-14(12)17;1-16(2)14(6-7-14)10-17-8-5-11-3-4-12(15)9-13(11)17;1-2/h4-6,9-10H,7-8,11H2,1-3H3;3-5,8-9H,6-7,10H2,1-2H3;1-2H3. The number of nitrogens with zero attached hydrogens (tertiary/aromatic N) is 4. The molecule has 2 aliphatic carbocycles. The summed E-state index contributed by atoms with van der Waals surface area (Å²) in [7, 11) is 10.3. The molecule has 2 aliphatic rings. The van der Waals surface area contributed by atoms with E-state index in [9.17, 15) is 4.39 Å². The van der Waals surface area contributed by atoms with E-state index in [1.807, 2.05) is 26.0 Å². The van der Waals surface area contributed by atoms with Gasteiger partial charge in [-0.15, -0.1) is 0 Å². The van der Waals surface area contributed by atoms with Gasteiger partial charge in [-0.25, -0.2) is 4.39 Å². The van der Waals surface area contributed by atoms with Crippen LogP contribution in [0.5, 0.6) is 5.75 Å². The number of halogens is 1. The van der Waals surface area contributed by atoms with Crippen molar-refractivity contribution in [1.29, 1.82) is 0 Å². The van der Waals surface area contributed by atoms with Gasteiger partial charge in [0.15, 0.2) is 0 Å². The fraction of sp³-hybridized carbons (Fsp3) is 0.484. The average molecular weight is 507 g/mol. The summed E-state index contributed by atoms with van der Waals surface area (Å²) in [4.78, 5) is 4.65. The Balaban J connectivity index is 0.000000162. The first-order valence-corrected chi connectivity index (χ1v) is 13.5. The summed E-state index contributed by atoms with van der Waals surface area (Å²) in [6.45, 7) is 6.02. The molecule has 0 radical (unpaired) electrons. The Labute approximate surface area is 221 Å². The van der Waals surface area contributed by atoms with Gasteiger partial charge >= 0.3 is 0 Å². The third-order valence-corrected chi connectivity index (χ3v) is 8.20. The second-order valence-electron chi connectivity index (χ2n) is 10.8. The molecular formula is C31H43FN4O. The maximum Gasteiger partial charge on any atom is 0.125 e. The van der Waals surface area contributed by atoms with Crippen LogP contribution in [-0.2, 0) is 13.1 Å². The number of hydrogen-bond donors (Lipinski definition) is 0. The fourth-order valence-electron chi connectivity index (χ4n) is 5.14. The highest BCUT2D eigenvalue weighted by Gasteiger charge is 2.45. The summed E-state index contributed by atoms with van der Waals surface area (Å²) in [5.74, 6) is 0.768. The Morgan fingerprint density at radius 2 is 1.19 bits per heavy atom. The predicted octanol–water partition coefficient (Wildman–Crippen LogP) is 6.64. The summed E-state index contributed by atoms with van der Waals surface area (Å²) in [6, 6.07) is 15.5. The Morgan fingerprint density at radius 3 is 1.62 bits per heavy atom. The molecule has 0 bridgehead atoms. The van der Waals surface area contributed by atoms with E-state index in [1.165, 1.54) is 42.7 Å². The van der Waals surface area contributed by atoms with Gasteiger partial charge in [0.1, 0.15) is 11.6 Å². The Morgan fingerprint density at radius 1 is 0.730 bits per heavy atom. The maximum absolute atomic E-state index is 13.3. The zero-order valence-corrected chi connectivity index (χ0v) is 23.6. The normalized spacial score (nSPS) is 16.8. The first-order valence-electron chi connectivity index (χ1n) is 13.5. The van der Waals surface area contributed by atoms with E-state index in [0.29, 0.717) is 5.54 Å². The second-order valence-corrected chi connectivity index (χ2v) is 10.8. The van der Waals surface area contributed by atoms with Crippen LogP contribution in [0.1, 0.15) is 39.5 Å². The van der Waals surface area contributed by atoms with Crippen LogP contribution in [0.15, 0.2) is 60.9 Å². The molecule has 2 aromatic heterocycles. The predicted molar refractivity (Wildman–Crippen MR) is 153 cm³/mol. The fourth-order valence-corrected chi connectivity index (χ4v) is 5.14. The molecule has 0 amide bonds. The highest BCUT2D eigenvalue weighted by Crippen LogP contribution is 2.43. The third-order valence-electron chi connectivity index (χ3n) is 8.20. The van der Waals surface area contributed by atoms with Crippen molar-refractivity contribution in [1.82, 2.24) is 18.9 Å². The van der Waals surface area contributed by atoms with E-state index in [-0.39, 0.29) is 11.4 Å². The molecule has 0 aliphatic heterocycles. The van der Waals surface area contributed by atoms with E-state index >= 15 is 0 Å². The first-order chi connectivity index (χ1) is 17.7. The van der Waals surface area contributed by atoms with Gasteiger partial charge in [0.25, 0.3) is 0 Å². The molecule has 4 aromatic rings. The summed E-state index contributed by atoms with van der Waals surface area (Å²) in [5, 5.41) is 2.39. The minimum absolute atomic E-state index is 0.160. The molecule has 37 heavy (non-hydrogen) atoms. The van der Waals surface area contributed by atoms with Gasteiger partial charge in [-0.05, 0) is 107 Å². The molecule has 5 nitrogen and oxygen atoms in total. The molecular weight excluding hydrogens is 463 g/mol. The molecule has 200 valence electrons. The molecule has 6 rings (SSSR count). The number of ether oxygens (including phenoxy) is 1. The van der Waals surface area contributed by atoms with E-state index < -0.39 is 0 Å². The maximum atomic E-state index is 13.3. The number of aromatic nitrogens is 2. The third kappa shape index (κ3) is 5.70. The van der Waals surface area contributed by atoms with Crippen molar-refractivity contribution in [3.8, 4) is 5.75 Å². The van der Waals surface area contributed by atoms with Gasteiger partial charge in [-0.3, -0.25) is 0 Å². The summed E-state index contributed by atoms with van der Waals surface area (Å²) >= 11 is 0. The zero-order valence-electron chi connectivity index (χ0n) is 23.6. The topological polar surface area (TPSA) is 25.6 Å². The Kier molecular flexibility index (Phi) is 8.00. The molecule has 2 heterocycles. The summed E-state index contributed by atoms with van der Waals surface area (Å²) in [6.07, 6.45) is 9.30. The van der Waals surface area contributed by atoms with Gasteiger partial charge in [-0.1, -0.05) is 13.8 Å². The monoisotopic (exact) mass is 506 g/mol. The van der Waals surface area contributed by atoms with E-state index in [2.05, 4.69) is 83.8 Å². The minimum Gasteiger partial charge on any atom is -0.497 e. The molecule has 2 saturated carbocycles. The lowest BCUT2D eigenvalue weighted by Gasteiger charge is -2.24. The van der Waals surface area contributed by atoms with Crippen LogP contribution in [0.25, 0.3) is 21.8 Å². The van der Waals surface area contributed by atoms with Crippen molar-refractivity contribution < 1.29 is 9.13 Å².